The van der Waals surface area contributed by atoms with E-state index < -0.39 is 0 Å². The first kappa shape index (κ1) is 10.4. The summed E-state index contributed by atoms with van der Waals surface area (Å²) in [6.07, 6.45) is 0.0715. The molecule has 1 rings (SSSR count). The van der Waals surface area contributed by atoms with Crippen LogP contribution in [0.2, 0.25) is 0 Å². The van der Waals surface area contributed by atoms with Crippen molar-refractivity contribution in [1.82, 2.24) is 0 Å². The standard InChI is InChI=1S/C11H15ClO/c1-8-5-4-6-11(10(8)3)13-9(2)7-12/h4-6,9H,7H2,1-3H3. The van der Waals surface area contributed by atoms with Crippen molar-refractivity contribution in [3.05, 3.63) is 29.3 Å². The van der Waals surface area contributed by atoms with Crippen molar-refractivity contribution in [3.63, 3.8) is 0 Å². The van der Waals surface area contributed by atoms with E-state index in [1.54, 1.807) is 0 Å². The maximum Gasteiger partial charge on any atom is 0.122 e. The molecule has 0 bridgehead atoms. The SMILES string of the molecule is Cc1cccc(OC(C)CCl)c1C. The first-order chi connectivity index (χ1) is 6.15. The summed E-state index contributed by atoms with van der Waals surface area (Å²) in [5.41, 5.74) is 2.44. The van der Waals surface area contributed by atoms with Crippen molar-refractivity contribution in [1.29, 1.82) is 0 Å². The Morgan fingerprint density at radius 2 is 2.08 bits per heavy atom. The second kappa shape index (κ2) is 4.52. The molecule has 0 N–H and O–H groups in total. The third kappa shape index (κ3) is 2.63. The number of alkyl halides is 1. The first-order valence-electron chi connectivity index (χ1n) is 4.44. The van der Waals surface area contributed by atoms with E-state index in [9.17, 15) is 0 Å². The van der Waals surface area contributed by atoms with Crippen LogP contribution in [0.5, 0.6) is 5.75 Å². The number of halogens is 1. The van der Waals surface area contributed by atoms with Crippen LogP contribution >= 0.6 is 11.6 Å². The average Bonchev–Trinajstić information content (AvgIpc) is 2.13. The number of rotatable bonds is 3. The Morgan fingerprint density at radius 3 is 2.69 bits per heavy atom. The third-order valence-corrected chi connectivity index (χ3v) is 2.53. The van der Waals surface area contributed by atoms with Gasteiger partial charge in [0.05, 0.1) is 5.88 Å². The van der Waals surface area contributed by atoms with Gasteiger partial charge in [-0.15, -0.1) is 11.6 Å². The van der Waals surface area contributed by atoms with Gasteiger partial charge in [0.1, 0.15) is 11.9 Å². The molecule has 0 aliphatic heterocycles. The molecule has 0 aromatic heterocycles. The Labute approximate surface area is 84.7 Å². The summed E-state index contributed by atoms with van der Waals surface area (Å²) in [4.78, 5) is 0. The summed E-state index contributed by atoms with van der Waals surface area (Å²) in [6.45, 7) is 6.11. The Balaban J connectivity index is 2.83. The minimum absolute atomic E-state index is 0.0715. The lowest BCUT2D eigenvalue weighted by atomic mass is 10.1. The lowest BCUT2D eigenvalue weighted by Crippen LogP contribution is -2.13. The van der Waals surface area contributed by atoms with Crippen LogP contribution in [0, 0.1) is 13.8 Å². The van der Waals surface area contributed by atoms with E-state index in [2.05, 4.69) is 19.9 Å². The zero-order valence-electron chi connectivity index (χ0n) is 8.30. The smallest absolute Gasteiger partial charge is 0.122 e. The van der Waals surface area contributed by atoms with Gasteiger partial charge in [0.2, 0.25) is 0 Å². The van der Waals surface area contributed by atoms with E-state index in [-0.39, 0.29) is 6.10 Å². The quantitative estimate of drug-likeness (QED) is 0.678. The van der Waals surface area contributed by atoms with Crippen LogP contribution in [0.3, 0.4) is 0 Å². The van der Waals surface area contributed by atoms with Crippen LogP contribution in [0.1, 0.15) is 18.1 Å². The summed E-state index contributed by atoms with van der Waals surface area (Å²) in [5.74, 6) is 1.46. The van der Waals surface area contributed by atoms with E-state index in [1.807, 2.05) is 19.1 Å². The summed E-state index contributed by atoms with van der Waals surface area (Å²) in [5, 5.41) is 0. The molecular weight excluding hydrogens is 184 g/mol. The van der Waals surface area contributed by atoms with Gasteiger partial charge in [-0.1, -0.05) is 12.1 Å². The highest BCUT2D eigenvalue weighted by Crippen LogP contribution is 2.21. The average molecular weight is 199 g/mol. The minimum atomic E-state index is 0.0715. The van der Waals surface area contributed by atoms with Gasteiger partial charge in [-0.2, -0.15) is 0 Å². The van der Waals surface area contributed by atoms with Gasteiger partial charge < -0.3 is 4.74 Å². The monoisotopic (exact) mass is 198 g/mol. The summed E-state index contributed by atoms with van der Waals surface area (Å²) >= 11 is 5.67. The van der Waals surface area contributed by atoms with Crippen molar-refractivity contribution in [2.45, 2.75) is 26.9 Å². The maximum absolute atomic E-state index is 5.67. The minimum Gasteiger partial charge on any atom is -0.489 e. The largest absolute Gasteiger partial charge is 0.489 e. The molecule has 0 radical (unpaired) electrons. The van der Waals surface area contributed by atoms with Crippen LogP contribution in [-0.2, 0) is 0 Å². The summed E-state index contributed by atoms with van der Waals surface area (Å²) < 4.78 is 5.64. The molecule has 1 aromatic carbocycles. The van der Waals surface area contributed by atoms with Crippen LogP contribution < -0.4 is 4.74 Å². The third-order valence-electron chi connectivity index (χ3n) is 2.10. The fraction of sp³-hybridized carbons (Fsp3) is 0.455. The molecule has 0 aliphatic rings. The van der Waals surface area contributed by atoms with Gasteiger partial charge in [-0.05, 0) is 38.0 Å². The molecule has 0 saturated carbocycles. The fourth-order valence-electron chi connectivity index (χ4n) is 1.10. The molecule has 1 unspecified atom stereocenters. The Kier molecular flexibility index (Phi) is 3.61. The molecule has 1 atom stereocenters. The van der Waals surface area contributed by atoms with Crippen molar-refractivity contribution in [2.24, 2.45) is 0 Å². The normalized spacial score (nSPS) is 12.6. The van der Waals surface area contributed by atoms with Gasteiger partial charge in [-0.3, -0.25) is 0 Å². The van der Waals surface area contributed by atoms with Gasteiger partial charge in [-0.25, -0.2) is 0 Å². The van der Waals surface area contributed by atoms with Crippen LogP contribution in [0.25, 0.3) is 0 Å². The van der Waals surface area contributed by atoms with Crippen LogP contribution in [0.4, 0.5) is 0 Å². The molecular formula is C11H15ClO. The highest BCUT2D eigenvalue weighted by molar-refractivity contribution is 6.18. The number of hydrogen-bond donors (Lipinski definition) is 0. The molecule has 0 saturated heterocycles. The van der Waals surface area contributed by atoms with E-state index in [1.165, 1.54) is 11.1 Å². The first-order valence-corrected chi connectivity index (χ1v) is 4.97. The summed E-state index contributed by atoms with van der Waals surface area (Å²) in [7, 11) is 0. The van der Waals surface area contributed by atoms with E-state index in [0.29, 0.717) is 5.88 Å². The van der Waals surface area contributed by atoms with Gasteiger partial charge >= 0.3 is 0 Å². The Bertz CT molecular complexity index is 283. The topological polar surface area (TPSA) is 9.23 Å². The van der Waals surface area contributed by atoms with E-state index in [4.69, 9.17) is 16.3 Å². The molecule has 0 heterocycles. The summed E-state index contributed by atoms with van der Waals surface area (Å²) in [6, 6.07) is 6.05. The predicted octanol–water partition coefficient (Wildman–Crippen LogP) is 3.31. The van der Waals surface area contributed by atoms with Crippen molar-refractivity contribution in [3.8, 4) is 5.75 Å². The number of ether oxygens (including phenoxy) is 1. The molecule has 0 amide bonds. The van der Waals surface area contributed by atoms with E-state index in [0.717, 1.165) is 5.75 Å². The highest BCUT2D eigenvalue weighted by Gasteiger charge is 2.05. The fourth-order valence-corrected chi connectivity index (χ4v) is 1.16. The molecule has 13 heavy (non-hydrogen) atoms. The predicted molar refractivity (Wildman–Crippen MR) is 56.7 cm³/mol. The van der Waals surface area contributed by atoms with Gasteiger partial charge in [0, 0.05) is 0 Å². The maximum atomic E-state index is 5.67. The molecule has 0 fully saturated rings. The van der Waals surface area contributed by atoms with Crippen LogP contribution in [-0.4, -0.2) is 12.0 Å². The number of aryl methyl sites for hydroxylation is 1. The Morgan fingerprint density at radius 1 is 1.38 bits per heavy atom. The second-order valence-corrected chi connectivity index (χ2v) is 3.59. The van der Waals surface area contributed by atoms with E-state index >= 15 is 0 Å². The van der Waals surface area contributed by atoms with Gasteiger partial charge in [0.25, 0.3) is 0 Å². The Hall–Kier alpha value is -0.690. The van der Waals surface area contributed by atoms with Crippen molar-refractivity contribution in [2.75, 3.05) is 5.88 Å². The lowest BCUT2D eigenvalue weighted by molar-refractivity contribution is 0.243. The lowest BCUT2D eigenvalue weighted by Gasteiger charge is -2.14. The number of hydrogen-bond acceptors (Lipinski definition) is 1. The molecule has 0 aliphatic carbocycles. The van der Waals surface area contributed by atoms with Gasteiger partial charge in [0.15, 0.2) is 0 Å². The molecule has 1 aromatic rings. The molecule has 2 heteroatoms. The highest BCUT2D eigenvalue weighted by atomic mass is 35.5. The zero-order valence-corrected chi connectivity index (χ0v) is 9.06. The molecule has 1 nitrogen and oxygen atoms in total. The van der Waals surface area contributed by atoms with Crippen LogP contribution in [0.15, 0.2) is 18.2 Å². The second-order valence-electron chi connectivity index (χ2n) is 3.28. The molecule has 72 valence electrons. The zero-order chi connectivity index (χ0) is 9.84. The van der Waals surface area contributed by atoms with Crippen molar-refractivity contribution >= 4 is 11.6 Å². The number of benzene rings is 1. The van der Waals surface area contributed by atoms with Crippen molar-refractivity contribution < 1.29 is 4.74 Å². The molecule has 0 spiro atoms.